The summed E-state index contributed by atoms with van der Waals surface area (Å²) in [5.41, 5.74) is 1.10. The molecule has 1 fully saturated rings. The lowest BCUT2D eigenvalue weighted by molar-refractivity contribution is -0.139. The second-order valence-corrected chi connectivity index (χ2v) is 5.91. The highest BCUT2D eigenvalue weighted by molar-refractivity contribution is 5.97. The van der Waals surface area contributed by atoms with Crippen LogP contribution in [0.3, 0.4) is 0 Å². The first kappa shape index (κ1) is 17.8. The average molecular weight is 333 g/mol. The van der Waals surface area contributed by atoms with Gasteiger partial charge in [-0.15, -0.1) is 6.58 Å². The maximum absolute atomic E-state index is 12.5. The lowest BCUT2D eigenvalue weighted by Crippen LogP contribution is -2.41. The van der Waals surface area contributed by atoms with Crippen molar-refractivity contribution in [3.05, 3.63) is 35.9 Å². The molecule has 1 unspecified atom stereocenters. The third-order valence-corrected chi connectivity index (χ3v) is 4.05. The van der Waals surface area contributed by atoms with Crippen LogP contribution in [0.25, 0.3) is 0 Å². The summed E-state index contributed by atoms with van der Waals surface area (Å²) in [6, 6.07) is 2.35. The fraction of sp³-hybridized carbons (Fsp3) is 0.444. The Hall–Kier alpha value is -2.50. The Balaban J connectivity index is 2.25. The first-order valence-corrected chi connectivity index (χ1v) is 7.89. The Labute approximate surface area is 141 Å². The van der Waals surface area contributed by atoms with E-state index in [0.29, 0.717) is 35.8 Å². The lowest BCUT2D eigenvalue weighted by Gasteiger charge is -2.17. The Kier molecular flexibility index (Phi) is 5.84. The first-order chi connectivity index (χ1) is 11.5. The molecule has 0 aliphatic heterocycles. The normalized spacial score (nSPS) is 14.6. The number of rotatable bonds is 9. The molecule has 2 rings (SSSR count). The van der Waals surface area contributed by atoms with E-state index in [9.17, 15) is 14.7 Å². The molecule has 0 spiro atoms. The molecule has 0 bridgehead atoms. The monoisotopic (exact) mass is 333 g/mol. The van der Waals surface area contributed by atoms with Gasteiger partial charge in [0, 0.05) is 11.1 Å². The van der Waals surface area contributed by atoms with E-state index >= 15 is 0 Å². The van der Waals surface area contributed by atoms with Crippen LogP contribution in [0.1, 0.15) is 35.2 Å². The molecule has 0 saturated heterocycles. The van der Waals surface area contributed by atoms with Crippen molar-refractivity contribution in [3.63, 3.8) is 0 Å². The van der Waals surface area contributed by atoms with E-state index in [4.69, 9.17) is 9.47 Å². The number of carbonyl (C=O) groups is 2. The third kappa shape index (κ3) is 4.28. The van der Waals surface area contributed by atoms with Crippen LogP contribution < -0.4 is 14.8 Å². The average Bonchev–Trinajstić information content (AvgIpc) is 3.37. The van der Waals surface area contributed by atoms with E-state index in [-0.39, 0.29) is 0 Å². The smallest absolute Gasteiger partial charge is 0.326 e. The van der Waals surface area contributed by atoms with Gasteiger partial charge in [-0.2, -0.15) is 0 Å². The van der Waals surface area contributed by atoms with Crippen molar-refractivity contribution in [1.29, 1.82) is 0 Å². The van der Waals surface area contributed by atoms with Crippen molar-refractivity contribution in [2.24, 2.45) is 5.92 Å². The van der Waals surface area contributed by atoms with E-state index in [1.54, 1.807) is 18.2 Å². The number of carboxylic acids is 1. The van der Waals surface area contributed by atoms with Crippen LogP contribution in [-0.2, 0) is 11.2 Å². The Morgan fingerprint density at radius 2 is 2.08 bits per heavy atom. The van der Waals surface area contributed by atoms with E-state index in [1.165, 1.54) is 14.2 Å². The molecule has 0 aromatic heterocycles. The topological polar surface area (TPSA) is 84.9 Å². The van der Waals surface area contributed by atoms with Gasteiger partial charge < -0.3 is 19.9 Å². The zero-order valence-corrected chi connectivity index (χ0v) is 14.0. The molecule has 1 aromatic rings. The van der Waals surface area contributed by atoms with Crippen LogP contribution in [0, 0.1) is 5.92 Å². The van der Waals surface area contributed by atoms with E-state index < -0.39 is 17.9 Å². The summed E-state index contributed by atoms with van der Waals surface area (Å²) in [4.78, 5) is 23.8. The molecule has 1 atom stereocenters. The van der Waals surface area contributed by atoms with E-state index in [0.717, 1.165) is 18.4 Å². The molecule has 2 N–H and O–H groups in total. The molecule has 24 heavy (non-hydrogen) atoms. The number of amides is 1. The number of aliphatic carboxylic acids is 1. The van der Waals surface area contributed by atoms with Gasteiger partial charge >= 0.3 is 5.97 Å². The fourth-order valence-corrected chi connectivity index (χ4v) is 2.63. The molecular weight excluding hydrogens is 310 g/mol. The van der Waals surface area contributed by atoms with Crippen LogP contribution in [0.2, 0.25) is 0 Å². The summed E-state index contributed by atoms with van der Waals surface area (Å²) in [5, 5.41) is 11.9. The third-order valence-electron chi connectivity index (χ3n) is 4.05. The Bertz CT molecular complexity index is 637. The quantitative estimate of drug-likeness (QED) is 0.678. The van der Waals surface area contributed by atoms with Crippen LogP contribution in [0.15, 0.2) is 24.8 Å². The standard InChI is InChI=1S/C18H23NO5/c1-4-5-12-9-13(10-15(23-2)16(12)24-3)17(20)19-14(18(21)22)8-11-6-7-11/h4,9-11,14H,1,5-8H2,2-3H3,(H,19,20)(H,21,22). The fourth-order valence-electron chi connectivity index (χ4n) is 2.63. The van der Waals surface area contributed by atoms with Crippen LogP contribution in [0.5, 0.6) is 11.5 Å². The number of methoxy groups -OCH3 is 2. The minimum Gasteiger partial charge on any atom is -0.493 e. The SMILES string of the molecule is C=CCc1cc(C(=O)NC(CC2CC2)C(=O)O)cc(OC)c1OC. The first-order valence-electron chi connectivity index (χ1n) is 7.89. The van der Waals surface area contributed by atoms with Crippen molar-refractivity contribution < 1.29 is 24.2 Å². The van der Waals surface area contributed by atoms with Gasteiger partial charge in [0.05, 0.1) is 14.2 Å². The largest absolute Gasteiger partial charge is 0.493 e. The van der Waals surface area contributed by atoms with Gasteiger partial charge in [-0.1, -0.05) is 18.9 Å². The highest BCUT2D eigenvalue weighted by Gasteiger charge is 2.30. The van der Waals surface area contributed by atoms with Gasteiger partial charge in [-0.3, -0.25) is 4.79 Å². The number of carbonyl (C=O) groups excluding carboxylic acids is 1. The molecule has 6 heteroatoms. The minimum atomic E-state index is -1.01. The highest BCUT2D eigenvalue weighted by atomic mass is 16.5. The molecule has 1 aliphatic rings. The van der Waals surface area contributed by atoms with Crippen LogP contribution >= 0.6 is 0 Å². The summed E-state index contributed by atoms with van der Waals surface area (Å²) in [6.45, 7) is 3.70. The van der Waals surface area contributed by atoms with Gasteiger partial charge in [-0.25, -0.2) is 4.79 Å². The maximum Gasteiger partial charge on any atom is 0.326 e. The molecule has 0 heterocycles. The second-order valence-electron chi connectivity index (χ2n) is 5.91. The summed E-state index contributed by atoms with van der Waals surface area (Å²) in [6.07, 6.45) is 4.73. The molecule has 1 aromatic carbocycles. The zero-order chi connectivity index (χ0) is 17.7. The van der Waals surface area contributed by atoms with Crippen LogP contribution in [0.4, 0.5) is 0 Å². The molecule has 1 saturated carbocycles. The number of carboxylic acid groups (broad SMARTS) is 1. The number of allylic oxidation sites excluding steroid dienone is 1. The van der Waals surface area contributed by atoms with Gasteiger partial charge in [0.25, 0.3) is 5.91 Å². The molecule has 0 radical (unpaired) electrons. The number of hydrogen-bond donors (Lipinski definition) is 2. The second kappa shape index (κ2) is 7.86. The highest BCUT2D eigenvalue weighted by Crippen LogP contribution is 2.34. The predicted molar refractivity (Wildman–Crippen MR) is 89.7 cm³/mol. The zero-order valence-electron chi connectivity index (χ0n) is 14.0. The van der Waals surface area contributed by atoms with E-state index in [1.807, 2.05) is 0 Å². The summed E-state index contributed by atoms with van der Waals surface area (Å²) >= 11 is 0. The maximum atomic E-state index is 12.5. The van der Waals surface area contributed by atoms with Crippen molar-refractivity contribution in [3.8, 4) is 11.5 Å². The van der Waals surface area contributed by atoms with Crippen molar-refractivity contribution >= 4 is 11.9 Å². The van der Waals surface area contributed by atoms with E-state index in [2.05, 4.69) is 11.9 Å². The molecule has 1 aliphatic carbocycles. The van der Waals surface area contributed by atoms with Crippen molar-refractivity contribution in [1.82, 2.24) is 5.32 Å². The predicted octanol–water partition coefficient (Wildman–Crippen LogP) is 2.42. The van der Waals surface area contributed by atoms with Crippen LogP contribution in [-0.4, -0.2) is 37.2 Å². The van der Waals surface area contributed by atoms with Crippen molar-refractivity contribution in [2.45, 2.75) is 31.7 Å². The Morgan fingerprint density at radius 1 is 1.38 bits per heavy atom. The van der Waals surface area contributed by atoms with Gasteiger partial charge in [-0.05, 0) is 30.9 Å². The Morgan fingerprint density at radius 3 is 2.58 bits per heavy atom. The molecular formula is C18H23NO5. The summed E-state index contributed by atoms with van der Waals surface area (Å²) in [5.74, 6) is -0.0812. The van der Waals surface area contributed by atoms with Crippen molar-refractivity contribution in [2.75, 3.05) is 14.2 Å². The summed E-state index contributed by atoms with van der Waals surface area (Å²) in [7, 11) is 3.02. The number of benzene rings is 1. The lowest BCUT2D eigenvalue weighted by atomic mass is 10.0. The van der Waals surface area contributed by atoms with Gasteiger partial charge in [0.15, 0.2) is 11.5 Å². The molecule has 130 valence electrons. The molecule has 6 nitrogen and oxygen atoms in total. The number of hydrogen-bond acceptors (Lipinski definition) is 4. The number of ether oxygens (including phenoxy) is 2. The number of nitrogens with one attached hydrogen (secondary N) is 1. The van der Waals surface area contributed by atoms with Gasteiger partial charge in [0.2, 0.25) is 0 Å². The van der Waals surface area contributed by atoms with Gasteiger partial charge in [0.1, 0.15) is 6.04 Å². The minimum absolute atomic E-state index is 0.339. The summed E-state index contributed by atoms with van der Waals surface area (Å²) < 4.78 is 10.6. The molecule has 1 amide bonds.